The molecular weight excluding hydrogens is 290 g/mol. The highest BCUT2D eigenvalue weighted by Crippen LogP contribution is 2.21. The summed E-state index contributed by atoms with van der Waals surface area (Å²) in [5.74, 6) is 0.714. The molecule has 0 saturated heterocycles. The first-order valence-corrected chi connectivity index (χ1v) is 4.76. The Morgan fingerprint density at radius 2 is 1.92 bits per heavy atom. The Kier molecular flexibility index (Phi) is 3.97. The summed E-state index contributed by atoms with van der Waals surface area (Å²) in [6, 6.07) is 3.54. The lowest BCUT2D eigenvalue weighted by Crippen LogP contribution is -1.99. The quantitative estimate of drug-likeness (QED) is 0.635. The van der Waals surface area contributed by atoms with Crippen molar-refractivity contribution >= 4 is 31.9 Å². The predicted molar refractivity (Wildman–Crippen MR) is 52.1 cm³/mol. The van der Waals surface area contributed by atoms with Crippen molar-refractivity contribution in [3.05, 3.63) is 21.3 Å². The number of halogens is 2. The molecule has 0 fully saturated rings. The van der Waals surface area contributed by atoms with Crippen LogP contribution in [0.1, 0.15) is 0 Å². The zero-order valence-corrected chi connectivity index (χ0v) is 9.55. The van der Waals surface area contributed by atoms with Crippen molar-refractivity contribution in [3.63, 3.8) is 0 Å². The van der Waals surface area contributed by atoms with Crippen molar-refractivity contribution in [2.45, 2.75) is 0 Å². The summed E-state index contributed by atoms with van der Waals surface area (Å²) in [6.45, 7) is 0.239. The normalized spacial score (nSPS) is 9.92. The molecule has 0 saturated carbocycles. The van der Waals surface area contributed by atoms with Gasteiger partial charge in [-0.25, -0.2) is 4.98 Å². The maximum Gasteiger partial charge on any atom is 0.188 e. The van der Waals surface area contributed by atoms with E-state index < -0.39 is 0 Å². The van der Waals surface area contributed by atoms with E-state index in [1.807, 2.05) is 0 Å². The van der Waals surface area contributed by atoms with E-state index in [-0.39, 0.29) is 6.79 Å². The van der Waals surface area contributed by atoms with Crippen LogP contribution >= 0.6 is 31.9 Å². The molecule has 0 aliphatic rings. The van der Waals surface area contributed by atoms with Gasteiger partial charge in [0.1, 0.15) is 15.0 Å². The van der Waals surface area contributed by atoms with Gasteiger partial charge in [-0.15, -0.1) is 0 Å². The van der Waals surface area contributed by atoms with Gasteiger partial charge < -0.3 is 9.47 Å². The minimum absolute atomic E-state index is 0.239. The van der Waals surface area contributed by atoms with Gasteiger partial charge in [-0.1, -0.05) is 0 Å². The SMILES string of the molecule is COCOc1cc(Br)nc(Br)c1. The molecule has 12 heavy (non-hydrogen) atoms. The van der Waals surface area contributed by atoms with Crippen molar-refractivity contribution in [1.29, 1.82) is 0 Å². The fraction of sp³-hybridized carbons (Fsp3) is 0.286. The highest BCUT2D eigenvalue weighted by Gasteiger charge is 1.98. The lowest BCUT2D eigenvalue weighted by atomic mass is 10.5. The van der Waals surface area contributed by atoms with Gasteiger partial charge in [0.2, 0.25) is 0 Å². The maximum atomic E-state index is 5.19. The van der Waals surface area contributed by atoms with Crippen molar-refractivity contribution < 1.29 is 9.47 Å². The number of rotatable bonds is 3. The third-order valence-electron chi connectivity index (χ3n) is 1.08. The standard InChI is InChI=1S/C7H7Br2NO2/c1-11-4-12-5-2-6(8)10-7(9)3-5/h2-3H,4H2,1H3. The van der Waals surface area contributed by atoms with E-state index in [1.165, 1.54) is 0 Å². The van der Waals surface area contributed by atoms with Gasteiger partial charge in [-0.2, -0.15) is 0 Å². The van der Waals surface area contributed by atoms with Crippen LogP contribution < -0.4 is 4.74 Å². The number of nitrogens with zero attached hydrogens (tertiary/aromatic N) is 1. The summed E-state index contributed by atoms with van der Waals surface area (Å²) in [5, 5.41) is 0. The number of hydrogen-bond acceptors (Lipinski definition) is 3. The molecule has 0 N–H and O–H groups in total. The van der Waals surface area contributed by atoms with E-state index in [9.17, 15) is 0 Å². The van der Waals surface area contributed by atoms with Crippen molar-refractivity contribution in [2.24, 2.45) is 0 Å². The van der Waals surface area contributed by atoms with Crippen molar-refractivity contribution in [1.82, 2.24) is 4.98 Å². The summed E-state index contributed by atoms with van der Waals surface area (Å²) >= 11 is 6.49. The molecule has 0 amide bonds. The van der Waals surface area contributed by atoms with Gasteiger partial charge in [0.05, 0.1) is 0 Å². The summed E-state index contributed by atoms with van der Waals surface area (Å²) in [6.07, 6.45) is 0. The maximum absolute atomic E-state index is 5.19. The first kappa shape index (κ1) is 9.95. The molecule has 66 valence electrons. The molecule has 3 nitrogen and oxygen atoms in total. The molecule has 5 heteroatoms. The van der Waals surface area contributed by atoms with E-state index in [1.54, 1.807) is 19.2 Å². The van der Waals surface area contributed by atoms with E-state index in [2.05, 4.69) is 36.8 Å². The van der Waals surface area contributed by atoms with Crippen LogP contribution in [0.4, 0.5) is 0 Å². The molecule has 0 radical (unpaired) electrons. The fourth-order valence-corrected chi connectivity index (χ4v) is 1.72. The molecule has 1 heterocycles. The molecule has 0 bridgehead atoms. The molecule has 1 rings (SSSR count). The smallest absolute Gasteiger partial charge is 0.188 e. The first-order chi connectivity index (χ1) is 5.72. The minimum Gasteiger partial charge on any atom is -0.467 e. The minimum atomic E-state index is 0.239. The second-order valence-electron chi connectivity index (χ2n) is 2.00. The first-order valence-electron chi connectivity index (χ1n) is 3.17. The summed E-state index contributed by atoms with van der Waals surface area (Å²) in [4.78, 5) is 4.05. The molecule has 0 aromatic carbocycles. The van der Waals surface area contributed by atoms with E-state index in [4.69, 9.17) is 9.47 Å². The molecule has 0 aliphatic heterocycles. The Hall–Kier alpha value is -0.130. The molecule has 1 aromatic rings. The Balaban J connectivity index is 2.72. The molecule has 0 aliphatic carbocycles. The molecule has 0 unspecified atom stereocenters. The molecule has 0 spiro atoms. The van der Waals surface area contributed by atoms with Crippen LogP contribution in [0.25, 0.3) is 0 Å². The second-order valence-corrected chi connectivity index (χ2v) is 3.62. The Morgan fingerprint density at radius 3 is 2.42 bits per heavy atom. The monoisotopic (exact) mass is 295 g/mol. The number of pyridine rings is 1. The lowest BCUT2D eigenvalue weighted by molar-refractivity contribution is 0.0509. The fourth-order valence-electron chi connectivity index (χ4n) is 0.653. The number of hydrogen-bond donors (Lipinski definition) is 0. The van der Waals surface area contributed by atoms with Crippen LogP contribution in [0.3, 0.4) is 0 Å². The number of ether oxygens (including phenoxy) is 2. The average molecular weight is 297 g/mol. The molecule has 1 aromatic heterocycles. The summed E-state index contributed by atoms with van der Waals surface area (Å²) < 4.78 is 11.4. The number of methoxy groups -OCH3 is 1. The lowest BCUT2D eigenvalue weighted by Gasteiger charge is -2.04. The van der Waals surface area contributed by atoms with Crippen LogP contribution in [-0.4, -0.2) is 18.9 Å². The van der Waals surface area contributed by atoms with Gasteiger partial charge >= 0.3 is 0 Å². The van der Waals surface area contributed by atoms with Gasteiger partial charge in [-0.3, -0.25) is 0 Å². The van der Waals surface area contributed by atoms with Crippen molar-refractivity contribution in [2.75, 3.05) is 13.9 Å². The third kappa shape index (κ3) is 3.08. The van der Waals surface area contributed by atoms with Gasteiger partial charge in [0.15, 0.2) is 6.79 Å². The van der Waals surface area contributed by atoms with Crippen LogP contribution in [0.15, 0.2) is 21.3 Å². The Morgan fingerprint density at radius 1 is 1.33 bits per heavy atom. The zero-order chi connectivity index (χ0) is 8.97. The van der Waals surface area contributed by atoms with Crippen LogP contribution in [-0.2, 0) is 4.74 Å². The molecule has 0 atom stereocenters. The summed E-state index contributed by atoms with van der Waals surface area (Å²) in [5.41, 5.74) is 0. The highest BCUT2D eigenvalue weighted by atomic mass is 79.9. The van der Waals surface area contributed by atoms with Crippen LogP contribution in [0.5, 0.6) is 5.75 Å². The van der Waals surface area contributed by atoms with Gasteiger partial charge in [-0.05, 0) is 31.9 Å². The molecular formula is C7H7Br2NO2. The van der Waals surface area contributed by atoms with Gasteiger partial charge in [0.25, 0.3) is 0 Å². The average Bonchev–Trinajstić information content (AvgIpc) is 1.99. The van der Waals surface area contributed by atoms with Crippen LogP contribution in [0.2, 0.25) is 0 Å². The third-order valence-corrected chi connectivity index (χ3v) is 1.89. The van der Waals surface area contributed by atoms with E-state index in [0.717, 1.165) is 9.21 Å². The highest BCUT2D eigenvalue weighted by molar-refractivity contribution is 9.11. The second kappa shape index (κ2) is 4.79. The van der Waals surface area contributed by atoms with Crippen molar-refractivity contribution in [3.8, 4) is 5.75 Å². The summed E-state index contributed by atoms with van der Waals surface area (Å²) in [7, 11) is 1.57. The predicted octanol–water partition coefficient (Wildman–Crippen LogP) is 2.59. The van der Waals surface area contributed by atoms with Crippen LogP contribution in [0, 0.1) is 0 Å². The Bertz CT molecular complexity index is 247. The number of aromatic nitrogens is 1. The zero-order valence-electron chi connectivity index (χ0n) is 6.38. The van der Waals surface area contributed by atoms with E-state index >= 15 is 0 Å². The largest absolute Gasteiger partial charge is 0.467 e. The Labute approximate surface area is 87.3 Å². The van der Waals surface area contributed by atoms with Gasteiger partial charge in [0, 0.05) is 19.2 Å². The topological polar surface area (TPSA) is 31.4 Å². The van der Waals surface area contributed by atoms with E-state index in [0.29, 0.717) is 5.75 Å².